The Kier molecular flexibility index (Phi) is 6.64. The van der Waals surface area contributed by atoms with E-state index in [-0.39, 0.29) is 23.8 Å². The number of amides is 1. The number of carbonyl (C=O) groups is 2. The summed E-state index contributed by atoms with van der Waals surface area (Å²) in [5.41, 5.74) is 1.70. The molecule has 8 nitrogen and oxygen atoms in total. The maximum absolute atomic E-state index is 12.0. The highest BCUT2D eigenvalue weighted by molar-refractivity contribution is 5.89. The molecule has 2 aromatic rings. The van der Waals surface area contributed by atoms with Crippen molar-refractivity contribution < 1.29 is 14.3 Å². The first-order chi connectivity index (χ1) is 13.9. The van der Waals surface area contributed by atoms with E-state index in [1.54, 1.807) is 12.1 Å². The van der Waals surface area contributed by atoms with Gasteiger partial charge in [0, 0.05) is 38.5 Å². The number of nitrogens with one attached hydrogen (secondary N) is 1. The predicted molar refractivity (Wildman–Crippen MR) is 108 cm³/mol. The van der Waals surface area contributed by atoms with Crippen LogP contribution in [0.15, 0.2) is 24.3 Å². The summed E-state index contributed by atoms with van der Waals surface area (Å²) in [6.07, 6.45) is 0.804. The van der Waals surface area contributed by atoms with Crippen molar-refractivity contribution in [1.82, 2.24) is 25.0 Å². The van der Waals surface area contributed by atoms with E-state index >= 15 is 0 Å². The van der Waals surface area contributed by atoms with Gasteiger partial charge in [0.1, 0.15) is 5.82 Å². The number of aromatic nitrogens is 3. The number of fused-ring (bicyclic) bond motifs is 1. The minimum Gasteiger partial charge on any atom is -0.465 e. The second-order valence-electron chi connectivity index (χ2n) is 7.73. The number of benzene rings is 1. The number of rotatable bonds is 6. The van der Waals surface area contributed by atoms with Crippen LogP contribution in [-0.4, -0.2) is 51.7 Å². The monoisotopic (exact) mass is 399 g/mol. The molecular weight excluding hydrogens is 370 g/mol. The maximum atomic E-state index is 12.0. The van der Waals surface area contributed by atoms with Gasteiger partial charge in [-0.2, -0.15) is 0 Å². The van der Waals surface area contributed by atoms with Gasteiger partial charge in [-0.25, -0.2) is 4.79 Å². The maximum Gasteiger partial charge on any atom is 0.337 e. The fourth-order valence-corrected chi connectivity index (χ4v) is 3.43. The Morgan fingerprint density at radius 2 is 1.83 bits per heavy atom. The largest absolute Gasteiger partial charge is 0.465 e. The number of ether oxygens (including phenoxy) is 1. The summed E-state index contributed by atoms with van der Waals surface area (Å²) in [6.45, 7) is 9.02. The third-order valence-corrected chi connectivity index (χ3v) is 5.20. The second-order valence-corrected chi connectivity index (χ2v) is 7.73. The molecular formula is C21H29N5O3. The number of hydrogen-bond acceptors (Lipinski definition) is 6. The van der Waals surface area contributed by atoms with Crippen molar-refractivity contribution >= 4 is 11.9 Å². The SMILES string of the molecule is COC(=O)c1ccc(CN2CCc3nnc(C(C)NC(=O)C(C)C)n3CC2)cc1. The van der Waals surface area contributed by atoms with E-state index in [4.69, 9.17) is 4.74 Å². The minimum absolute atomic E-state index is 0.0144. The summed E-state index contributed by atoms with van der Waals surface area (Å²) >= 11 is 0. The van der Waals surface area contributed by atoms with Gasteiger partial charge in [-0.3, -0.25) is 9.69 Å². The van der Waals surface area contributed by atoms with Gasteiger partial charge in [-0.1, -0.05) is 26.0 Å². The number of hydrogen-bond donors (Lipinski definition) is 1. The summed E-state index contributed by atoms with van der Waals surface area (Å²) in [5.74, 6) is 1.38. The van der Waals surface area contributed by atoms with Gasteiger partial charge in [-0.05, 0) is 24.6 Å². The van der Waals surface area contributed by atoms with E-state index in [1.807, 2.05) is 32.9 Å². The van der Waals surface area contributed by atoms with Crippen molar-refractivity contribution in [2.45, 2.75) is 46.3 Å². The van der Waals surface area contributed by atoms with Crippen LogP contribution < -0.4 is 5.32 Å². The van der Waals surface area contributed by atoms with Crippen LogP contribution in [-0.2, 0) is 29.0 Å². The van der Waals surface area contributed by atoms with Crippen molar-refractivity contribution in [1.29, 1.82) is 0 Å². The van der Waals surface area contributed by atoms with Gasteiger partial charge >= 0.3 is 5.97 Å². The van der Waals surface area contributed by atoms with E-state index in [2.05, 4.69) is 25.0 Å². The summed E-state index contributed by atoms with van der Waals surface area (Å²) in [6, 6.07) is 7.35. The Bertz CT molecular complexity index is 860. The highest BCUT2D eigenvalue weighted by Gasteiger charge is 2.23. The van der Waals surface area contributed by atoms with Gasteiger partial charge in [0.25, 0.3) is 0 Å². The molecule has 8 heteroatoms. The zero-order valence-electron chi connectivity index (χ0n) is 17.5. The highest BCUT2D eigenvalue weighted by atomic mass is 16.5. The zero-order chi connectivity index (χ0) is 21.0. The highest BCUT2D eigenvalue weighted by Crippen LogP contribution is 2.17. The second kappa shape index (κ2) is 9.17. The number of nitrogens with zero attached hydrogens (tertiary/aromatic N) is 4. The molecule has 1 aliphatic rings. The van der Waals surface area contributed by atoms with Crippen LogP contribution in [0, 0.1) is 5.92 Å². The first-order valence-electron chi connectivity index (χ1n) is 10.0. The molecule has 3 rings (SSSR count). The molecule has 156 valence electrons. The van der Waals surface area contributed by atoms with Crippen LogP contribution in [0.4, 0.5) is 0 Å². The molecule has 0 saturated carbocycles. The van der Waals surface area contributed by atoms with E-state index in [9.17, 15) is 9.59 Å². The summed E-state index contributed by atoms with van der Waals surface area (Å²) < 4.78 is 6.88. The first kappa shape index (κ1) is 21.0. The lowest BCUT2D eigenvalue weighted by Gasteiger charge is -2.20. The van der Waals surface area contributed by atoms with Crippen molar-refractivity contribution in [3.8, 4) is 0 Å². The fourth-order valence-electron chi connectivity index (χ4n) is 3.43. The Morgan fingerprint density at radius 1 is 1.10 bits per heavy atom. The van der Waals surface area contributed by atoms with Gasteiger partial charge < -0.3 is 14.6 Å². The normalized spacial score (nSPS) is 15.5. The van der Waals surface area contributed by atoms with Gasteiger partial charge in [-0.15, -0.1) is 10.2 Å². The third-order valence-electron chi connectivity index (χ3n) is 5.20. The Morgan fingerprint density at radius 3 is 2.48 bits per heavy atom. The molecule has 0 radical (unpaired) electrons. The van der Waals surface area contributed by atoms with E-state index in [0.29, 0.717) is 5.56 Å². The smallest absolute Gasteiger partial charge is 0.337 e. The summed E-state index contributed by atoms with van der Waals surface area (Å²) in [7, 11) is 1.38. The average Bonchev–Trinajstić information content (AvgIpc) is 3.02. The molecule has 1 amide bonds. The molecule has 29 heavy (non-hydrogen) atoms. The van der Waals surface area contributed by atoms with Crippen LogP contribution in [0.25, 0.3) is 0 Å². The van der Waals surface area contributed by atoms with Crippen molar-refractivity contribution in [2.75, 3.05) is 20.2 Å². The number of methoxy groups -OCH3 is 1. The average molecular weight is 399 g/mol. The van der Waals surface area contributed by atoms with Gasteiger partial charge in [0.05, 0.1) is 18.7 Å². The summed E-state index contributed by atoms with van der Waals surface area (Å²) in [5, 5.41) is 11.7. The van der Waals surface area contributed by atoms with Crippen LogP contribution >= 0.6 is 0 Å². The number of esters is 1. The molecule has 0 fully saturated rings. The van der Waals surface area contributed by atoms with Crippen molar-refractivity contribution in [2.24, 2.45) is 5.92 Å². The zero-order valence-corrected chi connectivity index (χ0v) is 17.5. The lowest BCUT2D eigenvalue weighted by Crippen LogP contribution is -2.32. The molecule has 0 saturated heterocycles. The van der Waals surface area contributed by atoms with Gasteiger partial charge in [0.2, 0.25) is 5.91 Å². The standard InChI is InChI=1S/C21H29N5O3/c1-14(2)20(27)22-15(3)19-24-23-18-9-10-25(11-12-26(18)19)13-16-5-7-17(8-6-16)21(28)29-4/h5-8,14-15H,9-13H2,1-4H3,(H,22,27). The lowest BCUT2D eigenvalue weighted by molar-refractivity contribution is -0.124. The topological polar surface area (TPSA) is 89.3 Å². The van der Waals surface area contributed by atoms with Crippen LogP contribution in [0.2, 0.25) is 0 Å². The third kappa shape index (κ3) is 5.00. The molecule has 1 aliphatic heterocycles. The van der Waals surface area contributed by atoms with Crippen molar-refractivity contribution in [3.05, 3.63) is 47.0 Å². The molecule has 1 N–H and O–H groups in total. The molecule has 1 aromatic heterocycles. The van der Waals surface area contributed by atoms with Gasteiger partial charge in [0.15, 0.2) is 5.82 Å². The fraction of sp³-hybridized carbons (Fsp3) is 0.524. The van der Waals surface area contributed by atoms with Crippen LogP contribution in [0.3, 0.4) is 0 Å². The molecule has 0 bridgehead atoms. The predicted octanol–water partition coefficient (Wildman–Crippen LogP) is 1.96. The molecule has 1 unspecified atom stereocenters. The molecule has 2 heterocycles. The Hall–Kier alpha value is -2.74. The Balaban J connectivity index is 1.63. The minimum atomic E-state index is -0.324. The molecule has 0 aliphatic carbocycles. The lowest BCUT2D eigenvalue weighted by atomic mass is 10.1. The molecule has 0 spiro atoms. The Labute approximate surface area is 171 Å². The van der Waals surface area contributed by atoms with E-state index < -0.39 is 0 Å². The quantitative estimate of drug-likeness (QED) is 0.747. The molecule has 1 atom stereocenters. The number of carbonyl (C=O) groups excluding carboxylic acids is 2. The first-order valence-corrected chi connectivity index (χ1v) is 10.0. The molecule has 1 aromatic carbocycles. The van der Waals surface area contributed by atoms with E-state index in [0.717, 1.165) is 49.8 Å². The van der Waals surface area contributed by atoms with Crippen molar-refractivity contribution in [3.63, 3.8) is 0 Å². The summed E-state index contributed by atoms with van der Waals surface area (Å²) in [4.78, 5) is 26.0. The van der Waals surface area contributed by atoms with Crippen LogP contribution in [0.1, 0.15) is 54.4 Å². The van der Waals surface area contributed by atoms with E-state index in [1.165, 1.54) is 7.11 Å². The van der Waals surface area contributed by atoms with Crippen LogP contribution in [0.5, 0.6) is 0 Å².